The molecule has 0 bridgehead atoms. The van der Waals surface area contributed by atoms with Gasteiger partial charge in [0.05, 0.1) is 11.6 Å². The maximum Gasteiger partial charge on any atom is 0.244 e. The zero-order valence-electron chi connectivity index (χ0n) is 13.1. The van der Waals surface area contributed by atoms with Crippen molar-refractivity contribution in [2.24, 2.45) is 5.73 Å². The largest absolute Gasteiger partial charge is 0.492 e. The Morgan fingerprint density at radius 2 is 1.75 bits per heavy atom. The Kier molecular flexibility index (Phi) is 6.63. The molecule has 2 amide bonds. The molecule has 0 aromatic heterocycles. The van der Waals surface area contributed by atoms with Crippen molar-refractivity contribution >= 4 is 23.4 Å². The Morgan fingerprint density at radius 1 is 1.08 bits per heavy atom. The lowest BCUT2D eigenvalue weighted by Crippen LogP contribution is -2.37. The predicted molar refractivity (Wildman–Crippen MR) is 92.7 cm³/mol. The van der Waals surface area contributed by atoms with Crippen LogP contribution in [0.5, 0.6) is 5.75 Å². The zero-order chi connectivity index (χ0) is 17.4. The fourth-order valence-corrected chi connectivity index (χ4v) is 2.36. The Balaban J connectivity index is 1.80. The van der Waals surface area contributed by atoms with Gasteiger partial charge in [0.1, 0.15) is 11.8 Å². The Morgan fingerprint density at radius 3 is 2.42 bits per heavy atom. The van der Waals surface area contributed by atoms with Crippen LogP contribution in [0.1, 0.15) is 24.4 Å². The van der Waals surface area contributed by atoms with Crippen molar-refractivity contribution in [1.82, 2.24) is 5.32 Å². The lowest BCUT2D eigenvalue weighted by molar-refractivity contribution is -0.127. The van der Waals surface area contributed by atoms with Gasteiger partial charge in [0.25, 0.3) is 0 Å². The summed E-state index contributed by atoms with van der Waals surface area (Å²) in [6.45, 7) is 0.351. The monoisotopic (exact) mass is 346 g/mol. The number of carbonyl (C=O) groups is 2. The van der Waals surface area contributed by atoms with E-state index in [1.165, 1.54) is 0 Å². The van der Waals surface area contributed by atoms with E-state index in [0.717, 1.165) is 0 Å². The van der Waals surface area contributed by atoms with Crippen LogP contribution in [0, 0.1) is 0 Å². The molecule has 0 aliphatic carbocycles. The van der Waals surface area contributed by atoms with Crippen LogP contribution in [0.4, 0.5) is 0 Å². The number of rotatable bonds is 8. The van der Waals surface area contributed by atoms with Crippen molar-refractivity contribution in [1.29, 1.82) is 0 Å². The molecule has 3 N–H and O–H groups in total. The Hall–Kier alpha value is -2.53. The fourth-order valence-electron chi connectivity index (χ4n) is 2.17. The van der Waals surface area contributed by atoms with Gasteiger partial charge in [-0.05, 0) is 24.1 Å². The number of primary amides is 1. The van der Waals surface area contributed by atoms with E-state index in [1.54, 1.807) is 36.4 Å². The third kappa shape index (κ3) is 5.28. The number of benzene rings is 2. The molecule has 0 heterocycles. The number of halogens is 1. The summed E-state index contributed by atoms with van der Waals surface area (Å²) in [4.78, 5) is 23.6. The molecule has 0 fully saturated rings. The topological polar surface area (TPSA) is 81.4 Å². The molecule has 0 unspecified atom stereocenters. The first-order chi connectivity index (χ1) is 11.6. The summed E-state index contributed by atoms with van der Waals surface area (Å²) in [6, 6.07) is 15.2. The summed E-state index contributed by atoms with van der Waals surface area (Å²) in [5.41, 5.74) is 6.03. The van der Waals surface area contributed by atoms with Crippen molar-refractivity contribution in [3.05, 3.63) is 65.2 Å². The van der Waals surface area contributed by atoms with Crippen LogP contribution >= 0.6 is 11.6 Å². The highest BCUT2D eigenvalue weighted by molar-refractivity contribution is 6.32. The Bertz CT molecular complexity index is 692. The molecule has 126 valence electrons. The highest BCUT2D eigenvalue weighted by Gasteiger charge is 2.19. The second-order valence-corrected chi connectivity index (χ2v) is 5.60. The third-order valence-corrected chi connectivity index (χ3v) is 3.68. The first-order valence-electron chi connectivity index (χ1n) is 7.59. The first kappa shape index (κ1) is 17.8. The van der Waals surface area contributed by atoms with E-state index in [1.807, 2.05) is 18.2 Å². The SMILES string of the molecule is NC(=O)[C@@H](NC(=O)CCCOc1ccccc1Cl)c1ccccc1. The van der Waals surface area contributed by atoms with Gasteiger partial charge >= 0.3 is 0 Å². The molecule has 0 spiro atoms. The minimum atomic E-state index is -0.830. The minimum absolute atomic E-state index is 0.223. The smallest absolute Gasteiger partial charge is 0.244 e. The fraction of sp³-hybridized carbons (Fsp3) is 0.222. The van der Waals surface area contributed by atoms with Gasteiger partial charge in [-0.1, -0.05) is 54.1 Å². The van der Waals surface area contributed by atoms with Gasteiger partial charge in [-0.25, -0.2) is 0 Å². The number of ether oxygens (including phenoxy) is 1. The average molecular weight is 347 g/mol. The van der Waals surface area contributed by atoms with Gasteiger partial charge in [0.2, 0.25) is 11.8 Å². The van der Waals surface area contributed by atoms with Crippen LogP contribution in [0.3, 0.4) is 0 Å². The molecule has 2 aromatic rings. The molecule has 0 saturated carbocycles. The van der Waals surface area contributed by atoms with Crippen LogP contribution < -0.4 is 15.8 Å². The number of nitrogens with two attached hydrogens (primary N) is 1. The second-order valence-electron chi connectivity index (χ2n) is 5.20. The molecule has 0 aliphatic heterocycles. The molecular weight excluding hydrogens is 328 g/mol. The van der Waals surface area contributed by atoms with Crippen molar-refractivity contribution in [2.45, 2.75) is 18.9 Å². The highest BCUT2D eigenvalue weighted by Crippen LogP contribution is 2.23. The molecule has 24 heavy (non-hydrogen) atoms. The van der Waals surface area contributed by atoms with Crippen molar-refractivity contribution in [2.75, 3.05) is 6.61 Å². The quantitative estimate of drug-likeness (QED) is 0.721. The molecule has 0 aliphatic rings. The number of para-hydroxylation sites is 1. The summed E-state index contributed by atoms with van der Waals surface area (Å²) in [6.07, 6.45) is 0.721. The van der Waals surface area contributed by atoms with E-state index in [4.69, 9.17) is 22.1 Å². The number of amides is 2. The summed E-state index contributed by atoms with van der Waals surface area (Å²) in [5, 5.41) is 3.18. The second kappa shape index (κ2) is 8.93. The molecule has 0 radical (unpaired) electrons. The van der Waals surface area contributed by atoms with Gasteiger partial charge in [-0.15, -0.1) is 0 Å². The standard InChI is InChI=1S/C18H19ClN2O3/c19-14-9-4-5-10-15(14)24-12-6-11-16(22)21-17(18(20)23)13-7-2-1-3-8-13/h1-5,7-10,17H,6,11-12H2,(H2,20,23)(H,21,22)/t17-/m0/s1. The van der Waals surface area contributed by atoms with E-state index >= 15 is 0 Å². The molecule has 6 heteroatoms. The normalized spacial score (nSPS) is 11.5. The van der Waals surface area contributed by atoms with Crippen LogP contribution in [0.25, 0.3) is 0 Å². The van der Waals surface area contributed by atoms with E-state index in [-0.39, 0.29) is 12.3 Å². The van der Waals surface area contributed by atoms with Gasteiger partial charge < -0.3 is 15.8 Å². The number of hydrogen-bond acceptors (Lipinski definition) is 3. The van der Waals surface area contributed by atoms with Crippen LogP contribution in [0.2, 0.25) is 5.02 Å². The predicted octanol–water partition coefficient (Wildman–Crippen LogP) is 2.84. The lowest BCUT2D eigenvalue weighted by atomic mass is 10.1. The molecular formula is C18H19ClN2O3. The molecule has 0 saturated heterocycles. The van der Waals surface area contributed by atoms with E-state index in [0.29, 0.717) is 29.4 Å². The van der Waals surface area contributed by atoms with Crippen molar-refractivity contribution < 1.29 is 14.3 Å². The Labute approximate surface area is 145 Å². The van der Waals surface area contributed by atoms with Crippen LogP contribution in [0.15, 0.2) is 54.6 Å². The zero-order valence-corrected chi connectivity index (χ0v) is 13.8. The van der Waals surface area contributed by atoms with Gasteiger partial charge in [-0.3, -0.25) is 9.59 Å². The van der Waals surface area contributed by atoms with Crippen molar-refractivity contribution in [3.8, 4) is 5.75 Å². The number of hydrogen-bond donors (Lipinski definition) is 2. The van der Waals surface area contributed by atoms with E-state index in [9.17, 15) is 9.59 Å². The maximum absolute atomic E-state index is 12.0. The molecule has 2 rings (SSSR count). The number of carbonyl (C=O) groups excluding carboxylic acids is 2. The lowest BCUT2D eigenvalue weighted by Gasteiger charge is -2.16. The van der Waals surface area contributed by atoms with Crippen LogP contribution in [-0.2, 0) is 9.59 Å². The maximum atomic E-state index is 12.0. The summed E-state index contributed by atoms with van der Waals surface area (Å²) < 4.78 is 5.52. The summed E-state index contributed by atoms with van der Waals surface area (Å²) in [7, 11) is 0. The van der Waals surface area contributed by atoms with Gasteiger partial charge in [0, 0.05) is 6.42 Å². The van der Waals surface area contributed by atoms with E-state index in [2.05, 4.69) is 5.32 Å². The first-order valence-corrected chi connectivity index (χ1v) is 7.96. The van der Waals surface area contributed by atoms with E-state index < -0.39 is 11.9 Å². The molecule has 1 atom stereocenters. The van der Waals surface area contributed by atoms with Gasteiger partial charge in [0.15, 0.2) is 0 Å². The van der Waals surface area contributed by atoms with Crippen LogP contribution in [-0.4, -0.2) is 18.4 Å². The minimum Gasteiger partial charge on any atom is -0.492 e. The van der Waals surface area contributed by atoms with Crippen molar-refractivity contribution in [3.63, 3.8) is 0 Å². The molecule has 2 aromatic carbocycles. The average Bonchev–Trinajstić information content (AvgIpc) is 2.58. The molecule has 5 nitrogen and oxygen atoms in total. The highest BCUT2D eigenvalue weighted by atomic mass is 35.5. The van der Waals surface area contributed by atoms with Gasteiger partial charge in [-0.2, -0.15) is 0 Å². The number of nitrogens with one attached hydrogen (secondary N) is 1. The third-order valence-electron chi connectivity index (χ3n) is 3.37. The summed E-state index contributed by atoms with van der Waals surface area (Å²) in [5.74, 6) is -0.272. The summed E-state index contributed by atoms with van der Waals surface area (Å²) >= 11 is 5.98.